The van der Waals surface area contributed by atoms with Crippen molar-refractivity contribution in [2.24, 2.45) is 7.05 Å². The highest BCUT2D eigenvalue weighted by molar-refractivity contribution is 5.91. The number of hydrogen-bond donors (Lipinski definition) is 3. The van der Waals surface area contributed by atoms with Gasteiger partial charge in [-0.2, -0.15) is 0 Å². The first-order chi connectivity index (χ1) is 16.2. The fourth-order valence-corrected chi connectivity index (χ4v) is 3.89. The Morgan fingerprint density at radius 2 is 1.79 bits per heavy atom. The minimum atomic E-state index is -0.725. The lowest BCUT2D eigenvalue weighted by Crippen LogP contribution is -2.36. The molecular weight excluding hydrogens is 434 g/mol. The molecule has 1 unspecified atom stereocenters. The Balaban J connectivity index is 1.95. The number of esters is 1. The number of carbonyl (C=O) groups is 2. The Bertz CT molecular complexity index is 1250. The molecule has 1 atom stereocenters. The molecule has 3 aromatic rings. The van der Waals surface area contributed by atoms with Gasteiger partial charge in [-0.05, 0) is 43.0 Å². The smallest absolute Gasteiger partial charge is 0.319 e. The van der Waals surface area contributed by atoms with Crippen LogP contribution in [0.4, 0.5) is 10.5 Å². The second kappa shape index (κ2) is 10.7. The molecule has 0 aliphatic carbocycles. The summed E-state index contributed by atoms with van der Waals surface area (Å²) < 4.78 is 6.39. The van der Waals surface area contributed by atoms with E-state index < -0.39 is 23.6 Å². The first-order valence-corrected chi connectivity index (χ1v) is 11.0. The zero-order valence-corrected chi connectivity index (χ0v) is 19.7. The van der Waals surface area contributed by atoms with Crippen molar-refractivity contribution in [1.29, 1.82) is 0 Å². The summed E-state index contributed by atoms with van der Waals surface area (Å²) in [5.41, 5.74) is 3.27. The number of aryl methyl sites for hydroxylation is 2. The van der Waals surface area contributed by atoms with Gasteiger partial charge in [-0.15, -0.1) is 0 Å². The van der Waals surface area contributed by atoms with Crippen LogP contribution in [-0.4, -0.2) is 28.3 Å². The summed E-state index contributed by atoms with van der Waals surface area (Å²) >= 11 is 0. The predicted octanol–water partition coefficient (Wildman–Crippen LogP) is 4.19. The molecule has 178 valence electrons. The van der Waals surface area contributed by atoms with E-state index in [1.165, 1.54) is 17.8 Å². The number of rotatable bonds is 7. The van der Waals surface area contributed by atoms with Crippen LogP contribution >= 0.6 is 0 Å². The van der Waals surface area contributed by atoms with E-state index in [1.54, 1.807) is 13.8 Å². The Labute approximate surface area is 198 Å². The topological polar surface area (TPSA) is 110 Å². The van der Waals surface area contributed by atoms with Gasteiger partial charge in [0.05, 0.1) is 19.1 Å². The molecule has 34 heavy (non-hydrogen) atoms. The monoisotopic (exact) mass is 463 g/mol. The quantitative estimate of drug-likeness (QED) is 0.455. The highest BCUT2D eigenvalue weighted by atomic mass is 16.5. The van der Waals surface area contributed by atoms with Crippen molar-refractivity contribution in [3.05, 3.63) is 81.8 Å². The standard InChI is InChI=1S/C26H29N3O5/c1-5-34-22(30)14-21(20-13-9-12-19(17(20)3)18-10-7-6-8-11-18)27-26(33)28-23-24(31)16(2)15-29(4)25(23)32/h6-13,15,21,31H,5,14H2,1-4H3,(H2,27,28,33). The van der Waals surface area contributed by atoms with Crippen LogP contribution in [0.1, 0.15) is 36.1 Å². The normalized spacial score (nSPS) is 11.5. The number of ether oxygens (including phenoxy) is 1. The lowest BCUT2D eigenvalue weighted by Gasteiger charge is -2.22. The highest BCUT2D eigenvalue weighted by Gasteiger charge is 2.23. The molecule has 0 aliphatic heterocycles. The summed E-state index contributed by atoms with van der Waals surface area (Å²) in [4.78, 5) is 37.7. The average molecular weight is 464 g/mol. The number of urea groups is 1. The van der Waals surface area contributed by atoms with Crippen molar-refractivity contribution in [3.63, 3.8) is 0 Å². The number of anilines is 1. The average Bonchev–Trinajstić information content (AvgIpc) is 2.81. The second-order valence-corrected chi connectivity index (χ2v) is 8.00. The minimum absolute atomic E-state index is 0.0991. The number of carbonyl (C=O) groups excluding carboxylic acids is 2. The third kappa shape index (κ3) is 5.46. The molecular formula is C26H29N3O5. The van der Waals surface area contributed by atoms with Crippen molar-refractivity contribution >= 4 is 17.7 Å². The number of hydrogen-bond acceptors (Lipinski definition) is 5. The lowest BCUT2D eigenvalue weighted by atomic mass is 9.91. The Morgan fingerprint density at radius 1 is 1.09 bits per heavy atom. The first kappa shape index (κ1) is 24.6. The summed E-state index contributed by atoms with van der Waals surface area (Å²) in [6.45, 7) is 5.48. The molecule has 0 aliphatic rings. The number of amides is 2. The van der Waals surface area contributed by atoms with E-state index in [2.05, 4.69) is 10.6 Å². The SMILES string of the molecule is CCOC(=O)CC(NC(=O)Nc1c(O)c(C)cn(C)c1=O)c1cccc(-c2ccccc2)c1C. The van der Waals surface area contributed by atoms with Gasteiger partial charge in [-0.1, -0.05) is 48.5 Å². The van der Waals surface area contributed by atoms with Crippen LogP contribution < -0.4 is 16.2 Å². The van der Waals surface area contributed by atoms with Gasteiger partial charge in [-0.3, -0.25) is 9.59 Å². The highest BCUT2D eigenvalue weighted by Crippen LogP contribution is 2.30. The van der Waals surface area contributed by atoms with Crippen molar-refractivity contribution in [2.75, 3.05) is 11.9 Å². The molecule has 2 amide bonds. The molecule has 0 saturated carbocycles. The molecule has 0 spiro atoms. The maximum Gasteiger partial charge on any atom is 0.319 e. The van der Waals surface area contributed by atoms with Gasteiger partial charge in [-0.25, -0.2) is 4.79 Å². The van der Waals surface area contributed by atoms with E-state index in [-0.39, 0.29) is 24.5 Å². The van der Waals surface area contributed by atoms with Gasteiger partial charge in [0.2, 0.25) is 0 Å². The molecule has 0 radical (unpaired) electrons. The van der Waals surface area contributed by atoms with E-state index in [4.69, 9.17) is 4.74 Å². The molecule has 3 rings (SSSR count). The Kier molecular flexibility index (Phi) is 7.73. The van der Waals surface area contributed by atoms with E-state index in [9.17, 15) is 19.5 Å². The van der Waals surface area contributed by atoms with Crippen molar-refractivity contribution < 1.29 is 19.4 Å². The van der Waals surface area contributed by atoms with Crippen molar-refractivity contribution in [2.45, 2.75) is 33.2 Å². The number of nitrogens with zero attached hydrogens (tertiary/aromatic N) is 1. The number of pyridine rings is 1. The van der Waals surface area contributed by atoms with Gasteiger partial charge in [0.25, 0.3) is 5.56 Å². The second-order valence-electron chi connectivity index (χ2n) is 8.00. The third-order valence-electron chi connectivity index (χ3n) is 5.59. The summed E-state index contributed by atoms with van der Waals surface area (Å²) in [5.74, 6) is -0.769. The maximum atomic E-state index is 12.9. The maximum absolute atomic E-state index is 12.9. The van der Waals surface area contributed by atoms with Crippen LogP contribution in [0.25, 0.3) is 11.1 Å². The van der Waals surface area contributed by atoms with Gasteiger partial charge >= 0.3 is 12.0 Å². The number of aromatic nitrogens is 1. The third-order valence-corrected chi connectivity index (χ3v) is 5.59. The van der Waals surface area contributed by atoms with E-state index in [0.29, 0.717) is 5.56 Å². The Hall–Kier alpha value is -4.07. The molecule has 3 N–H and O–H groups in total. The summed E-state index contributed by atoms with van der Waals surface area (Å²) in [6, 6.07) is 14.0. The minimum Gasteiger partial charge on any atom is -0.505 e. The van der Waals surface area contributed by atoms with Crippen LogP contribution in [0.15, 0.2) is 59.5 Å². The first-order valence-electron chi connectivity index (χ1n) is 11.0. The summed E-state index contributed by atoms with van der Waals surface area (Å²) in [7, 11) is 1.53. The van der Waals surface area contributed by atoms with Crippen molar-refractivity contribution in [1.82, 2.24) is 9.88 Å². The van der Waals surface area contributed by atoms with Crippen LogP contribution in [0, 0.1) is 13.8 Å². The Morgan fingerprint density at radius 3 is 2.47 bits per heavy atom. The van der Waals surface area contributed by atoms with Crippen LogP contribution in [0.5, 0.6) is 5.75 Å². The number of aromatic hydroxyl groups is 1. The zero-order chi connectivity index (χ0) is 24.8. The molecule has 8 heteroatoms. The lowest BCUT2D eigenvalue weighted by molar-refractivity contribution is -0.143. The van der Waals surface area contributed by atoms with Crippen molar-refractivity contribution in [3.8, 4) is 16.9 Å². The summed E-state index contributed by atoms with van der Waals surface area (Å²) in [5, 5.41) is 15.5. The van der Waals surface area contributed by atoms with Crippen LogP contribution in [0.3, 0.4) is 0 Å². The van der Waals surface area contributed by atoms with Crippen LogP contribution in [-0.2, 0) is 16.6 Å². The van der Waals surface area contributed by atoms with E-state index in [0.717, 1.165) is 22.3 Å². The largest absolute Gasteiger partial charge is 0.505 e. The van der Waals surface area contributed by atoms with Gasteiger partial charge in [0.1, 0.15) is 5.75 Å². The molecule has 0 saturated heterocycles. The molecule has 1 heterocycles. The molecule has 2 aromatic carbocycles. The van der Waals surface area contributed by atoms with Gasteiger partial charge < -0.3 is 25.0 Å². The van der Waals surface area contributed by atoms with Gasteiger partial charge in [0.15, 0.2) is 5.69 Å². The number of nitrogens with one attached hydrogen (secondary N) is 2. The fourth-order valence-electron chi connectivity index (χ4n) is 3.89. The molecule has 8 nitrogen and oxygen atoms in total. The van der Waals surface area contributed by atoms with Crippen LogP contribution in [0.2, 0.25) is 0 Å². The molecule has 0 fully saturated rings. The zero-order valence-electron chi connectivity index (χ0n) is 19.7. The molecule has 1 aromatic heterocycles. The predicted molar refractivity (Wildman–Crippen MR) is 131 cm³/mol. The molecule has 0 bridgehead atoms. The fraction of sp³-hybridized carbons (Fsp3) is 0.269. The van der Waals surface area contributed by atoms with Gasteiger partial charge in [0, 0.05) is 18.8 Å². The number of benzene rings is 2. The van der Waals surface area contributed by atoms with E-state index in [1.807, 2.05) is 55.5 Å². The van der Waals surface area contributed by atoms with E-state index >= 15 is 0 Å². The summed E-state index contributed by atoms with van der Waals surface area (Å²) in [6.07, 6.45) is 1.38.